The molecule has 0 radical (unpaired) electrons. The van der Waals surface area contributed by atoms with E-state index >= 15 is 0 Å². The van der Waals surface area contributed by atoms with Crippen LogP contribution in [0.4, 0.5) is 0 Å². The van der Waals surface area contributed by atoms with Gasteiger partial charge in [-0.15, -0.1) is 11.3 Å². The molecule has 3 heterocycles. The number of thiophene rings is 1. The van der Waals surface area contributed by atoms with Crippen molar-refractivity contribution < 1.29 is 0 Å². The van der Waals surface area contributed by atoms with Crippen molar-refractivity contribution in [1.82, 2.24) is 9.13 Å². The minimum Gasteiger partial charge on any atom is -0.308 e. The Morgan fingerprint density at radius 2 is 0.737 bits per heavy atom. The van der Waals surface area contributed by atoms with E-state index in [0.29, 0.717) is 0 Å². The van der Waals surface area contributed by atoms with E-state index in [9.17, 15) is 0 Å². The van der Waals surface area contributed by atoms with E-state index in [0.717, 1.165) is 0 Å². The van der Waals surface area contributed by atoms with Crippen LogP contribution in [0.1, 0.15) is 49.9 Å². The maximum atomic E-state index is 2.55. The fourth-order valence-electron chi connectivity index (χ4n) is 11.0. The molecule has 3 heteroatoms. The lowest BCUT2D eigenvalue weighted by molar-refractivity contribution is 0.660. The first-order chi connectivity index (χ1) is 27.8. The zero-order chi connectivity index (χ0) is 37.9. The molecule has 0 aliphatic heterocycles. The summed E-state index contributed by atoms with van der Waals surface area (Å²) in [6.07, 6.45) is 0. The number of benzene rings is 8. The molecule has 0 atom stereocenters. The van der Waals surface area contributed by atoms with Crippen LogP contribution in [0.15, 0.2) is 158 Å². The Morgan fingerprint density at radius 3 is 1.21 bits per heavy atom. The van der Waals surface area contributed by atoms with Crippen LogP contribution in [0.2, 0.25) is 0 Å². The molecule has 0 N–H and O–H groups in total. The molecule has 11 aromatic rings. The van der Waals surface area contributed by atoms with Gasteiger partial charge in [-0.2, -0.15) is 0 Å². The zero-order valence-electron chi connectivity index (χ0n) is 32.3. The van der Waals surface area contributed by atoms with Crippen molar-refractivity contribution in [2.75, 3.05) is 0 Å². The van der Waals surface area contributed by atoms with Gasteiger partial charge in [0.05, 0.1) is 31.5 Å². The van der Waals surface area contributed by atoms with Gasteiger partial charge in [0.25, 0.3) is 0 Å². The smallest absolute Gasteiger partial charge is 0.0719 e. The molecule has 8 aromatic carbocycles. The largest absolute Gasteiger partial charge is 0.308 e. The molecule has 3 aromatic heterocycles. The first-order valence-corrected chi connectivity index (χ1v) is 20.9. The predicted molar refractivity (Wildman–Crippen MR) is 243 cm³/mol. The van der Waals surface area contributed by atoms with E-state index in [1.165, 1.54) is 120 Å². The first kappa shape index (κ1) is 31.7. The van der Waals surface area contributed by atoms with Gasteiger partial charge in [0.1, 0.15) is 0 Å². The summed E-state index contributed by atoms with van der Waals surface area (Å²) in [4.78, 5) is 0. The second-order valence-corrected chi connectivity index (χ2v) is 18.3. The topological polar surface area (TPSA) is 9.86 Å². The van der Waals surface area contributed by atoms with Crippen LogP contribution in [-0.2, 0) is 10.8 Å². The third-order valence-corrected chi connectivity index (χ3v) is 15.0. The summed E-state index contributed by atoms with van der Waals surface area (Å²) in [7, 11) is 0. The summed E-state index contributed by atoms with van der Waals surface area (Å²) in [5.74, 6) is 0. The van der Waals surface area contributed by atoms with E-state index in [2.05, 4.69) is 195 Å². The molecule has 2 nitrogen and oxygen atoms in total. The van der Waals surface area contributed by atoms with Gasteiger partial charge in [0.2, 0.25) is 0 Å². The summed E-state index contributed by atoms with van der Waals surface area (Å²) >= 11 is 1.96. The molecule has 0 saturated carbocycles. The lowest BCUT2D eigenvalue weighted by atomic mass is 9.82. The highest BCUT2D eigenvalue weighted by Gasteiger charge is 2.37. The Morgan fingerprint density at radius 1 is 0.351 bits per heavy atom. The van der Waals surface area contributed by atoms with E-state index in [1.807, 2.05) is 11.3 Å². The average Bonchev–Trinajstić information content (AvgIpc) is 4.00. The van der Waals surface area contributed by atoms with E-state index in [1.54, 1.807) is 0 Å². The van der Waals surface area contributed by atoms with E-state index in [-0.39, 0.29) is 10.8 Å². The summed E-state index contributed by atoms with van der Waals surface area (Å²) in [6.45, 7) is 9.51. The molecular weight excluding hydrogens is 709 g/mol. The van der Waals surface area contributed by atoms with Crippen LogP contribution in [0.5, 0.6) is 0 Å². The molecular formula is C54H38N2S. The standard InChI is InChI=1S/C54H38N2S/c1-53(2)43-17-9-5-13-33(43)35-23-21-31(29-45(35)53)55-47-19-11-7-15-37(47)39-25-27-41-42-28-26-40-38-16-8-12-20-48(38)56(50(40)52(42)57-51(41)49(39)55)32-22-24-36-34-14-6-10-18-44(34)54(3,4)46(36)30-32/h5-30H,1-4H3. The normalized spacial score (nSPS) is 14.9. The van der Waals surface area contributed by atoms with Crippen LogP contribution >= 0.6 is 11.3 Å². The average molecular weight is 747 g/mol. The number of aromatic nitrogens is 2. The van der Waals surface area contributed by atoms with Gasteiger partial charge in [-0.25, -0.2) is 0 Å². The molecule has 0 unspecified atom stereocenters. The first-order valence-electron chi connectivity index (χ1n) is 20.1. The zero-order valence-corrected chi connectivity index (χ0v) is 33.1. The molecule has 0 amide bonds. The molecule has 0 fully saturated rings. The van der Waals surface area contributed by atoms with Crippen molar-refractivity contribution in [2.24, 2.45) is 0 Å². The monoisotopic (exact) mass is 746 g/mol. The number of nitrogens with zero attached hydrogens (tertiary/aromatic N) is 2. The second-order valence-electron chi connectivity index (χ2n) is 17.3. The van der Waals surface area contributed by atoms with Crippen LogP contribution in [-0.4, -0.2) is 9.13 Å². The molecule has 2 aliphatic rings. The number of rotatable bonds is 2. The molecule has 2 aliphatic carbocycles. The van der Waals surface area contributed by atoms with Gasteiger partial charge in [0, 0.05) is 54.5 Å². The molecule has 270 valence electrons. The fourth-order valence-corrected chi connectivity index (χ4v) is 12.4. The van der Waals surface area contributed by atoms with Crippen molar-refractivity contribution in [1.29, 1.82) is 0 Å². The van der Waals surface area contributed by atoms with Gasteiger partial charge in [0.15, 0.2) is 0 Å². The minimum atomic E-state index is -0.0811. The van der Waals surface area contributed by atoms with Crippen LogP contribution in [0, 0.1) is 0 Å². The maximum absolute atomic E-state index is 2.55. The Balaban J connectivity index is 1.11. The third kappa shape index (κ3) is 3.90. The van der Waals surface area contributed by atoms with Crippen LogP contribution < -0.4 is 0 Å². The lowest BCUT2D eigenvalue weighted by Gasteiger charge is -2.22. The molecule has 57 heavy (non-hydrogen) atoms. The van der Waals surface area contributed by atoms with Crippen molar-refractivity contribution in [2.45, 2.75) is 38.5 Å². The minimum absolute atomic E-state index is 0.0811. The Bertz CT molecular complexity index is 3350. The van der Waals surface area contributed by atoms with Crippen LogP contribution in [0.25, 0.3) is 97.4 Å². The summed E-state index contributed by atoms with van der Waals surface area (Å²) in [6, 6.07) is 59.7. The Hall–Kier alpha value is -6.42. The third-order valence-electron chi connectivity index (χ3n) is 13.7. The second kappa shape index (κ2) is 10.7. The lowest BCUT2D eigenvalue weighted by Crippen LogP contribution is -2.15. The quantitative estimate of drug-likeness (QED) is 0.167. The molecule has 0 spiro atoms. The van der Waals surface area contributed by atoms with E-state index in [4.69, 9.17) is 0 Å². The SMILES string of the molecule is CC1(C)c2ccccc2-c2ccc(-n3c4ccccc4c4ccc5c6ccc7c8ccccc8n(-c8ccc9c(c8)C(C)(C)c8ccccc8-9)c7c6sc5c43)cc21. The highest BCUT2D eigenvalue weighted by Crippen LogP contribution is 2.52. The summed E-state index contributed by atoms with van der Waals surface area (Å²) in [5.41, 5.74) is 18.3. The van der Waals surface area contributed by atoms with Gasteiger partial charge in [-0.3, -0.25) is 0 Å². The van der Waals surface area contributed by atoms with Gasteiger partial charge >= 0.3 is 0 Å². The highest BCUT2D eigenvalue weighted by molar-refractivity contribution is 7.27. The summed E-state index contributed by atoms with van der Waals surface area (Å²) < 4.78 is 7.76. The van der Waals surface area contributed by atoms with Crippen molar-refractivity contribution in [3.63, 3.8) is 0 Å². The highest BCUT2D eigenvalue weighted by atomic mass is 32.1. The summed E-state index contributed by atoms with van der Waals surface area (Å²) in [5, 5.41) is 7.79. The van der Waals surface area contributed by atoms with Crippen molar-refractivity contribution in [3.05, 3.63) is 180 Å². The van der Waals surface area contributed by atoms with Crippen molar-refractivity contribution >= 4 is 75.1 Å². The van der Waals surface area contributed by atoms with Crippen molar-refractivity contribution in [3.8, 4) is 33.6 Å². The maximum Gasteiger partial charge on any atom is 0.0719 e. The number of hydrogen-bond donors (Lipinski definition) is 0. The molecule has 0 saturated heterocycles. The van der Waals surface area contributed by atoms with E-state index < -0.39 is 0 Å². The van der Waals surface area contributed by atoms with Gasteiger partial charge in [-0.1, -0.05) is 149 Å². The fraction of sp³-hybridized carbons (Fsp3) is 0.111. The van der Waals surface area contributed by atoms with Crippen LogP contribution in [0.3, 0.4) is 0 Å². The number of fused-ring (bicyclic) bond motifs is 17. The molecule has 13 rings (SSSR count). The Labute approximate surface area is 334 Å². The number of para-hydroxylation sites is 2. The predicted octanol–water partition coefficient (Wildman–Crippen LogP) is 14.9. The molecule has 0 bridgehead atoms. The Kier molecular flexibility index (Phi) is 5.96. The van der Waals surface area contributed by atoms with Gasteiger partial charge in [-0.05, 0) is 80.9 Å². The van der Waals surface area contributed by atoms with Gasteiger partial charge < -0.3 is 9.13 Å². The number of hydrogen-bond acceptors (Lipinski definition) is 1.